The van der Waals surface area contributed by atoms with Gasteiger partial charge in [-0.05, 0) is 12.1 Å². The van der Waals surface area contributed by atoms with Crippen molar-refractivity contribution in [2.24, 2.45) is 0 Å². The number of nitrogens with zero attached hydrogens (tertiary/aromatic N) is 1. The molecule has 2 unspecified atom stereocenters. The molecule has 1 aliphatic rings. The number of para-hydroxylation sites is 1. The van der Waals surface area contributed by atoms with Crippen molar-refractivity contribution in [2.75, 3.05) is 13.1 Å². The van der Waals surface area contributed by atoms with Gasteiger partial charge in [0.05, 0.1) is 0 Å². The molecule has 1 aromatic carbocycles. The van der Waals surface area contributed by atoms with Crippen LogP contribution in [0.2, 0.25) is 0 Å². The summed E-state index contributed by atoms with van der Waals surface area (Å²) in [5.74, 6) is -0.184. The van der Waals surface area contributed by atoms with Crippen LogP contribution in [0, 0.1) is 0 Å². The van der Waals surface area contributed by atoms with Crippen molar-refractivity contribution < 1.29 is 13.5 Å². The Labute approximate surface area is 112 Å². The first-order valence-electron chi connectivity index (χ1n) is 5.85. The average molecular weight is 287 g/mol. The van der Waals surface area contributed by atoms with Gasteiger partial charge in [0.2, 0.25) is 10.0 Å². The maximum Gasteiger partial charge on any atom is 0.246 e. The zero-order chi connectivity index (χ0) is 13.3. The van der Waals surface area contributed by atoms with Gasteiger partial charge >= 0.3 is 0 Å². The first-order chi connectivity index (χ1) is 8.41. The van der Waals surface area contributed by atoms with Gasteiger partial charge in [0.25, 0.3) is 0 Å². The third kappa shape index (κ3) is 2.65. The van der Waals surface area contributed by atoms with E-state index >= 15 is 0 Å². The fraction of sp³-hybridized carbons (Fsp3) is 0.500. The minimum atomic E-state index is -3.59. The van der Waals surface area contributed by atoms with Crippen LogP contribution < -0.4 is 0 Å². The topological polar surface area (TPSA) is 57.6 Å². The molecule has 1 N–H and O–H groups in total. The summed E-state index contributed by atoms with van der Waals surface area (Å²) in [6.07, 6.45) is 0. The number of benzene rings is 1. The van der Waals surface area contributed by atoms with Crippen molar-refractivity contribution in [3.8, 4) is 5.75 Å². The molecule has 2 atom stereocenters. The Hall–Kier alpha value is -0.720. The average Bonchev–Trinajstić information content (AvgIpc) is 2.28. The number of phenolic OH excluding ortho intramolecular Hbond substituents is 1. The van der Waals surface area contributed by atoms with Crippen LogP contribution in [0.25, 0.3) is 0 Å². The number of hydrogen-bond donors (Lipinski definition) is 1. The molecule has 0 spiro atoms. The maximum atomic E-state index is 12.5. The van der Waals surface area contributed by atoms with Crippen molar-refractivity contribution >= 4 is 21.8 Å². The molecule has 0 saturated carbocycles. The van der Waals surface area contributed by atoms with Crippen LogP contribution in [-0.4, -0.2) is 41.4 Å². The monoisotopic (exact) mass is 287 g/mol. The van der Waals surface area contributed by atoms with Gasteiger partial charge in [-0.25, -0.2) is 8.42 Å². The van der Waals surface area contributed by atoms with Crippen LogP contribution >= 0.6 is 11.8 Å². The second kappa shape index (κ2) is 5.11. The van der Waals surface area contributed by atoms with E-state index in [9.17, 15) is 13.5 Å². The normalized spacial score (nSPS) is 26.1. The van der Waals surface area contributed by atoms with Crippen molar-refractivity contribution in [3.63, 3.8) is 0 Å². The number of sulfonamides is 1. The zero-order valence-electron chi connectivity index (χ0n) is 10.4. The largest absolute Gasteiger partial charge is 0.507 e. The highest BCUT2D eigenvalue weighted by Crippen LogP contribution is 2.31. The minimum absolute atomic E-state index is 0.00343. The van der Waals surface area contributed by atoms with Crippen LogP contribution in [0.4, 0.5) is 0 Å². The lowest BCUT2D eigenvalue weighted by molar-refractivity contribution is 0.398. The van der Waals surface area contributed by atoms with Crippen LogP contribution in [0.3, 0.4) is 0 Å². The predicted octanol–water partition coefficient (Wildman–Crippen LogP) is 1.91. The summed E-state index contributed by atoms with van der Waals surface area (Å²) in [6, 6.07) is 6.09. The van der Waals surface area contributed by atoms with Gasteiger partial charge in [0.15, 0.2) is 0 Å². The highest BCUT2D eigenvalue weighted by Gasteiger charge is 2.33. The minimum Gasteiger partial charge on any atom is -0.507 e. The molecule has 1 fully saturated rings. The van der Waals surface area contributed by atoms with E-state index in [2.05, 4.69) is 0 Å². The number of rotatable bonds is 2. The Kier molecular flexibility index (Phi) is 3.89. The Morgan fingerprint density at radius 3 is 2.33 bits per heavy atom. The van der Waals surface area contributed by atoms with Crippen LogP contribution in [0.15, 0.2) is 29.2 Å². The molecule has 18 heavy (non-hydrogen) atoms. The highest BCUT2D eigenvalue weighted by molar-refractivity contribution is 8.00. The molecule has 0 amide bonds. The number of phenols is 1. The van der Waals surface area contributed by atoms with E-state index in [0.29, 0.717) is 13.1 Å². The summed E-state index contributed by atoms with van der Waals surface area (Å²) < 4.78 is 26.4. The summed E-state index contributed by atoms with van der Waals surface area (Å²) in [7, 11) is -3.59. The molecule has 2 rings (SSSR count). The standard InChI is InChI=1S/C12H17NO3S2/c1-9-7-13(8-10(2)17-9)18(15,16)12-6-4-3-5-11(12)14/h3-6,9-10,14H,7-8H2,1-2H3. The molecule has 0 radical (unpaired) electrons. The number of aromatic hydroxyl groups is 1. The van der Waals surface area contributed by atoms with E-state index in [0.717, 1.165) is 0 Å². The van der Waals surface area contributed by atoms with Crippen LogP contribution in [-0.2, 0) is 10.0 Å². The second-order valence-electron chi connectivity index (χ2n) is 4.55. The molecule has 100 valence electrons. The molecule has 1 saturated heterocycles. The molecule has 1 aromatic rings. The molecule has 6 heteroatoms. The first-order valence-corrected chi connectivity index (χ1v) is 8.23. The fourth-order valence-corrected chi connectivity index (χ4v) is 5.36. The van der Waals surface area contributed by atoms with E-state index in [-0.39, 0.29) is 21.1 Å². The Bertz CT molecular complexity index is 520. The van der Waals surface area contributed by atoms with Crippen molar-refractivity contribution in [2.45, 2.75) is 29.2 Å². The molecule has 0 bridgehead atoms. The Morgan fingerprint density at radius 2 is 1.78 bits per heavy atom. The molecule has 0 aliphatic carbocycles. The van der Waals surface area contributed by atoms with Crippen molar-refractivity contribution in [1.29, 1.82) is 0 Å². The SMILES string of the molecule is CC1CN(S(=O)(=O)c2ccccc2O)CC(C)S1. The maximum absolute atomic E-state index is 12.5. The van der Waals surface area contributed by atoms with Gasteiger partial charge < -0.3 is 5.11 Å². The number of hydrogen-bond acceptors (Lipinski definition) is 4. The van der Waals surface area contributed by atoms with E-state index < -0.39 is 10.0 Å². The van der Waals surface area contributed by atoms with Gasteiger partial charge in [-0.2, -0.15) is 16.1 Å². The van der Waals surface area contributed by atoms with Gasteiger partial charge in [0, 0.05) is 23.6 Å². The first kappa shape index (κ1) is 13.7. The summed E-state index contributed by atoms with van der Waals surface area (Å²) in [6.45, 7) is 5.03. The fourth-order valence-electron chi connectivity index (χ4n) is 2.14. The number of thioether (sulfide) groups is 1. The van der Waals surface area contributed by atoms with Gasteiger partial charge in [-0.1, -0.05) is 26.0 Å². The third-order valence-electron chi connectivity index (χ3n) is 2.87. The van der Waals surface area contributed by atoms with Gasteiger partial charge in [-0.15, -0.1) is 0 Å². The second-order valence-corrected chi connectivity index (χ2v) is 8.34. The Morgan fingerprint density at radius 1 is 1.22 bits per heavy atom. The summed E-state index contributed by atoms with van der Waals surface area (Å²) in [5, 5.41) is 10.2. The van der Waals surface area contributed by atoms with E-state index in [4.69, 9.17) is 0 Å². The zero-order valence-corrected chi connectivity index (χ0v) is 12.0. The van der Waals surface area contributed by atoms with Crippen LogP contribution in [0.5, 0.6) is 5.75 Å². The molecule has 0 aromatic heterocycles. The van der Waals surface area contributed by atoms with Crippen molar-refractivity contribution in [1.82, 2.24) is 4.31 Å². The highest BCUT2D eigenvalue weighted by atomic mass is 32.2. The lowest BCUT2D eigenvalue weighted by Gasteiger charge is -2.33. The van der Waals surface area contributed by atoms with Gasteiger partial charge in [0.1, 0.15) is 10.6 Å². The van der Waals surface area contributed by atoms with Gasteiger partial charge in [-0.3, -0.25) is 0 Å². The molecule has 1 heterocycles. The predicted molar refractivity (Wildman–Crippen MR) is 73.4 cm³/mol. The quantitative estimate of drug-likeness (QED) is 0.902. The smallest absolute Gasteiger partial charge is 0.246 e. The van der Waals surface area contributed by atoms with Crippen molar-refractivity contribution in [3.05, 3.63) is 24.3 Å². The lowest BCUT2D eigenvalue weighted by atomic mass is 10.3. The molecular formula is C12H17NO3S2. The van der Waals surface area contributed by atoms with E-state index in [1.54, 1.807) is 23.9 Å². The van der Waals surface area contributed by atoms with E-state index in [1.165, 1.54) is 16.4 Å². The molecular weight excluding hydrogens is 270 g/mol. The Balaban J connectivity index is 2.34. The molecule has 1 aliphatic heterocycles. The third-order valence-corrected chi connectivity index (χ3v) is 5.98. The molecule has 4 nitrogen and oxygen atoms in total. The van der Waals surface area contributed by atoms with Crippen LogP contribution in [0.1, 0.15) is 13.8 Å². The summed E-state index contributed by atoms with van der Waals surface area (Å²) in [5.41, 5.74) is 0. The lowest BCUT2D eigenvalue weighted by Crippen LogP contribution is -2.43. The van der Waals surface area contributed by atoms with E-state index in [1.807, 2.05) is 13.8 Å². The summed E-state index contributed by atoms with van der Waals surface area (Å²) in [4.78, 5) is -0.00343. The summed E-state index contributed by atoms with van der Waals surface area (Å²) >= 11 is 1.79.